The van der Waals surface area contributed by atoms with Crippen molar-refractivity contribution in [2.75, 3.05) is 0 Å². The highest BCUT2D eigenvalue weighted by atomic mass is 16.5. The Morgan fingerprint density at radius 2 is 1.36 bits per heavy atom. The number of esters is 1. The smallest absolute Gasteiger partial charge is 0.338 e. The second-order valence-corrected chi connectivity index (χ2v) is 9.09. The van der Waals surface area contributed by atoms with Crippen LogP contribution in [0, 0.1) is 6.92 Å². The van der Waals surface area contributed by atoms with Gasteiger partial charge in [-0.2, -0.15) is 0 Å². The molecule has 1 aromatic heterocycles. The predicted molar refractivity (Wildman–Crippen MR) is 147 cm³/mol. The fourth-order valence-corrected chi connectivity index (χ4v) is 4.71. The van der Waals surface area contributed by atoms with Crippen molar-refractivity contribution >= 4 is 38.5 Å². The van der Waals surface area contributed by atoms with E-state index in [0.717, 1.165) is 38.9 Å². The zero-order valence-electron chi connectivity index (χ0n) is 20.2. The molecule has 0 atom stereocenters. The molecule has 0 N–H and O–H groups in total. The zero-order chi connectivity index (χ0) is 24.8. The van der Waals surface area contributed by atoms with E-state index < -0.39 is 5.97 Å². The highest BCUT2D eigenvalue weighted by molar-refractivity contribution is 6.24. The minimum atomic E-state index is -0.436. The van der Waals surface area contributed by atoms with Crippen LogP contribution in [0.1, 0.15) is 12.5 Å². The van der Waals surface area contributed by atoms with Crippen LogP contribution in [0.2, 0.25) is 0 Å². The number of hydrogen-bond acceptors (Lipinski definition) is 3. The molecule has 0 amide bonds. The van der Waals surface area contributed by atoms with Crippen LogP contribution in [0.3, 0.4) is 0 Å². The third-order valence-corrected chi connectivity index (χ3v) is 6.50. The van der Waals surface area contributed by atoms with Gasteiger partial charge in [0.1, 0.15) is 11.6 Å². The SMILES string of the molecule is C=C(C)C(=O)Oc1ccc(-n2c(-c3ccc(C)cc3)nc3c4ccccc4c4ccccc4c32)cc1. The average Bonchev–Trinajstić information content (AvgIpc) is 3.31. The van der Waals surface area contributed by atoms with Crippen molar-refractivity contribution < 1.29 is 9.53 Å². The molecule has 4 heteroatoms. The van der Waals surface area contributed by atoms with Crippen LogP contribution in [0.15, 0.2) is 109 Å². The van der Waals surface area contributed by atoms with Crippen molar-refractivity contribution in [1.29, 1.82) is 0 Å². The first-order chi connectivity index (χ1) is 17.5. The molecule has 6 aromatic rings. The number of rotatable bonds is 4. The van der Waals surface area contributed by atoms with Gasteiger partial charge >= 0.3 is 5.97 Å². The fraction of sp³-hybridized carbons (Fsp3) is 0.0625. The first-order valence-electron chi connectivity index (χ1n) is 11.9. The molecule has 0 aliphatic heterocycles. The number of aryl methyl sites for hydroxylation is 1. The number of hydrogen-bond donors (Lipinski definition) is 0. The maximum atomic E-state index is 12.0. The molecule has 36 heavy (non-hydrogen) atoms. The third kappa shape index (κ3) is 3.55. The van der Waals surface area contributed by atoms with Crippen LogP contribution in [-0.4, -0.2) is 15.5 Å². The second kappa shape index (κ2) is 8.51. The molecule has 0 bridgehead atoms. The summed E-state index contributed by atoms with van der Waals surface area (Å²) in [5.41, 5.74) is 5.52. The van der Waals surface area contributed by atoms with Gasteiger partial charge in [-0.05, 0) is 48.9 Å². The van der Waals surface area contributed by atoms with E-state index in [-0.39, 0.29) is 0 Å². The molecule has 6 rings (SSSR count). The van der Waals surface area contributed by atoms with Crippen molar-refractivity contribution in [3.05, 3.63) is 115 Å². The summed E-state index contributed by atoms with van der Waals surface area (Å²) in [6.07, 6.45) is 0. The second-order valence-electron chi connectivity index (χ2n) is 9.09. The Kier molecular flexibility index (Phi) is 5.15. The molecule has 5 aromatic carbocycles. The maximum Gasteiger partial charge on any atom is 0.338 e. The predicted octanol–water partition coefficient (Wildman–Crippen LogP) is 7.79. The lowest BCUT2D eigenvalue weighted by atomic mass is 10.00. The number of imidazole rings is 1. The molecule has 0 fully saturated rings. The van der Waals surface area contributed by atoms with E-state index in [1.54, 1.807) is 6.92 Å². The van der Waals surface area contributed by atoms with Gasteiger partial charge in [0.05, 0.1) is 11.0 Å². The Balaban J connectivity index is 1.68. The molecule has 0 aliphatic carbocycles. The summed E-state index contributed by atoms with van der Waals surface area (Å²) in [6, 6.07) is 32.9. The molecule has 0 spiro atoms. The lowest BCUT2D eigenvalue weighted by molar-refractivity contribution is -0.130. The van der Waals surface area contributed by atoms with Crippen molar-refractivity contribution in [3.8, 4) is 22.8 Å². The topological polar surface area (TPSA) is 44.1 Å². The normalized spacial score (nSPS) is 11.3. The number of carbonyl (C=O) groups excluding carboxylic acids is 1. The van der Waals surface area contributed by atoms with Crippen LogP contribution in [0.25, 0.3) is 49.7 Å². The number of nitrogens with zero attached hydrogens (tertiary/aromatic N) is 2. The van der Waals surface area contributed by atoms with Crippen LogP contribution in [-0.2, 0) is 4.79 Å². The lowest BCUT2D eigenvalue weighted by Crippen LogP contribution is -2.08. The fourth-order valence-electron chi connectivity index (χ4n) is 4.71. The van der Waals surface area contributed by atoms with Gasteiger partial charge in [0.25, 0.3) is 0 Å². The van der Waals surface area contributed by atoms with Crippen LogP contribution < -0.4 is 4.74 Å². The molecule has 4 nitrogen and oxygen atoms in total. The van der Waals surface area contributed by atoms with E-state index >= 15 is 0 Å². The van der Waals surface area contributed by atoms with Gasteiger partial charge in [0.15, 0.2) is 0 Å². The number of aromatic nitrogens is 2. The van der Waals surface area contributed by atoms with Gasteiger partial charge in [-0.1, -0.05) is 84.9 Å². The minimum absolute atomic E-state index is 0.361. The highest BCUT2D eigenvalue weighted by Gasteiger charge is 2.20. The summed E-state index contributed by atoms with van der Waals surface area (Å²) >= 11 is 0. The lowest BCUT2D eigenvalue weighted by Gasteiger charge is -2.13. The number of benzene rings is 5. The van der Waals surface area contributed by atoms with Crippen molar-refractivity contribution in [2.45, 2.75) is 13.8 Å². The van der Waals surface area contributed by atoms with Crippen LogP contribution >= 0.6 is 0 Å². The Hall–Kier alpha value is -4.70. The van der Waals surface area contributed by atoms with Gasteiger partial charge in [0.2, 0.25) is 0 Å². The van der Waals surface area contributed by atoms with Gasteiger partial charge in [-0.25, -0.2) is 9.78 Å². The summed E-state index contributed by atoms with van der Waals surface area (Å²) in [6.45, 7) is 7.38. The Bertz CT molecular complexity index is 1790. The number of fused-ring (bicyclic) bond motifs is 6. The molecule has 0 aliphatic rings. The van der Waals surface area contributed by atoms with Crippen molar-refractivity contribution in [1.82, 2.24) is 9.55 Å². The van der Waals surface area contributed by atoms with E-state index in [1.165, 1.54) is 16.3 Å². The van der Waals surface area contributed by atoms with E-state index in [2.05, 4.69) is 90.9 Å². The quantitative estimate of drug-likeness (QED) is 0.115. The standard InChI is InChI=1S/C32H24N2O2/c1-20(2)32(35)36-24-18-16-23(17-19-24)34-30-28-11-7-5-9-26(28)25-8-4-6-10-27(25)29(30)33-31(34)22-14-12-21(3)13-15-22/h4-19H,1H2,2-3H3. The largest absolute Gasteiger partial charge is 0.423 e. The summed E-state index contributed by atoms with van der Waals surface area (Å²) in [7, 11) is 0. The van der Waals surface area contributed by atoms with Crippen molar-refractivity contribution in [2.24, 2.45) is 0 Å². The molecular formula is C32H24N2O2. The van der Waals surface area contributed by atoms with E-state index in [1.807, 2.05) is 24.3 Å². The first kappa shape index (κ1) is 21.8. The van der Waals surface area contributed by atoms with Crippen LogP contribution in [0.4, 0.5) is 0 Å². The van der Waals surface area contributed by atoms with E-state index in [4.69, 9.17) is 9.72 Å². The first-order valence-corrected chi connectivity index (χ1v) is 11.9. The number of ether oxygens (including phenoxy) is 1. The third-order valence-electron chi connectivity index (χ3n) is 6.50. The summed E-state index contributed by atoms with van der Waals surface area (Å²) in [5, 5.41) is 4.62. The van der Waals surface area contributed by atoms with Crippen LogP contribution in [0.5, 0.6) is 5.75 Å². The number of carbonyl (C=O) groups is 1. The van der Waals surface area contributed by atoms with Crippen molar-refractivity contribution in [3.63, 3.8) is 0 Å². The Morgan fingerprint density at radius 1 is 0.778 bits per heavy atom. The molecular weight excluding hydrogens is 444 g/mol. The maximum absolute atomic E-state index is 12.0. The highest BCUT2D eigenvalue weighted by Crippen LogP contribution is 2.39. The van der Waals surface area contributed by atoms with Gasteiger partial charge in [-0.3, -0.25) is 4.57 Å². The molecule has 0 saturated heterocycles. The zero-order valence-corrected chi connectivity index (χ0v) is 20.2. The van der Waals surface area contributed by atoms with Gasteiger partial charge in [-0.15, -0.1) is 0 Å². The molecule has 0 unspecified atom stereocenters. The summed E-state index contributed by atoms with van der Waals surface area (Å²) in [5.74, 6) is 0.898. The van der Waals surface area contributed by atoms with Gasteiger partial charge < -0.3 is 4.74 Å². The molecule has 174 valence electrons. The van der Waals surface area contributed by atoms with E-state index in [0.29, 0.717) is 11.3 Å². The minimum Gasteiger partial charge on any atom is -0.423 e. The average molecular weight is 469 g/mol. The Morgan fingerprint density at radius 3 is 2.00 bits per heavy atom. The Labute approximate surface area is 209 Å². The van der Waals surface area contributed by atoms with Gasteiger partial charge in [0, 0.05) is 27.6 Å². The summed E-state index contributed by atoms with van der Waals surface area (Å²) < 4.78 is 7.64. The van der Waals surface area contributed by atoms with E-state index in [9.17, 15) is 4.79 Å². The monoisotopic (exact) mass is 468 g/mol. The summed E-state index contributed by atoms with van der Waals surface area (Å²) in [4.78, 5) is 17.2. The molecule has 0 radical (unpaired) electrons. The molecule has 0 saturated carbocycles. The molecule has 1 heterocycles.